The zero-order valence-corrected chi connectivity index (χ0v) is 22.5. The van der Waals surface area contributed by atoms with Crippen LogP contribution < -0.4 is 0 Å². The average molecular weight is 552 g/mol. The number of halogens is 4. The van der Waals surface area contributed by atoms with Crippen LogP contribution in [-0.4, -0.2) is 46.0 Å². The summed E-state index contributed by atoms with van der Waals surface area (Å²) in [5, 5.41) is 10.6. The summed E-state index contributed by atoms with van der Waals surface area (Å²) in [4.78, 5) is 35.5. The third-order valence-corrected chi connectivity index (χ3v) is 5.69. The number of aliphatic hydroxyl groups excluding tert-OH is 1. The molecule has 10 heteroatoms. The molecule has 3 rings (SSSR count). The van der Waals surface area contributed by atoms with Gasteiger partial charge in [0.25, 0.3) is 5.91 Å². The number of hydrogen-bond donors (Lipinski definition) is 1. The van der Waals surface area contributed by atoms with Crippen LogP contribution in [0.2, 0.25) is 0 Å². The van der Waals surface area contributed by atoms with Gasteiger partial charge in [-0.05, 0) is 74.9 Å². The van der Waals surface area contributed by atoms with Crippen molar-refractivity contribution >= 4 is 18.3 Å². The Bertz CT molecular complexity index is 1170. The van der Waals surface area contributed by atoms with E-state index in [2.05, 4.69) is 0 Å². The fourth-order valence-corrected chi connectivity index (χ4v) is 3.99. The number of ether oxygens (including phenoxy) is 1. The van der Waals surface area contributed by atoms with E-state index in [9.17, 15) is 37.1 Å². The predicted molar refractivity (Wildman–Crippen MR) is 137 cm³/mol. The monoisotopic (exact) mass is 551 g/mol. The summed E-state index contributed by atoms with van der Waals surface area (Å²) in [6.45, 7) is 8.40. The smallest absolute Gasteiger partial charge is 0.417 e. The Morgan fingerprint density at radius 1 is 0.949 bits per heavy atom. The molecule has 1 aliphatic heterocycles. The molecule has 0 aliphatic carbocycles. The third kappa shape index (κ3) is 9.94. The van der Waals surface area contributed by atoms with E-state index in [4.69, 9.17) is 4.74 Å². The van der Waals surface area contributed by atoms with Crippen LogP contribution in [0.5, 0.6) is 0 Å². The molecular weight excluding hydrogens is 518 g/mol. The number of aldehydes is 1. The lowest BCUT2D eigenvalue weighted by Gasteiger charge is -2.32. The van der Waals surface area contributed by atoms with Crippen molar-refractivity contribution in [2.45, 2.75) is 65.2 Å². The highest BCUT2D eigenvalue weighted by Gasteiger charge is 2.40. The van der Waals surface area contributed by atoms with Crippen molar-refractivity contribution in [3.8, 4) is 0 Å². The molecule has 1 heterocycles. The lowest BCUT2D eigenvalue weighted by Crippen LogP contribution is -2.49. The molecule has 0 aromatic heterocycles. The molecule has 4 atom stereocenters. The number of nitrogens with zero attached hydrogens (tertiary/aromatic N) is 1. The molecule has 0 saturated carbocycles. The number of imide groups is 1. The van der Waals surface area contributed by atoms with Gasteiger partial charge in [0.2, 0.25) is 0 Å². The molecule has 0 fully saturated rings. The first kappa shape index (κ1) is 31.7. The number of carbonyl (C=O) groups excluding carboxylic acids is 3. The molecule has 212 valence electrons. The number of carbonyl (C=O) groups is 3. The molecular formula is C29H33F4NO5. The summed E-state index contributed by atoms with van der Waals surface area (Å²) in [6.07, 6.45) is 1.99. The van der Waals surface area contributed by atoms with Gasteiger partial charge >= 0.3 is 6.09 Å². The van der Waals surface area contributed by atoms with E-state index >= 15 is 0 Å². The third-order valence-electron chi connectivity index (χ3n) is 5.69. The first-order valence-electron chi connectivity index (χ1n) is 12.4. The van der Waals surface area contributed by atoms with Gasteiger partial charge in [0.15, 0.2) is 0 Å². The number of amides is 2. The van der Waals surface area contributed by atoms with Gasteiger partial charge in [-0.1, -0.05) is 19.9 Å². The van der Waals surface area contributed by atoms with Gasteiger partial charge < -0.3 is 14.6 Å². The van der Waals surface area contributed by atoms with Crippen LogP contribution in [0.15, 0.2) is 48.6 Å². The summed E-state index contributed by atoms with van der Waals surface area (Å²) in [5.41, 5.74) is 0.100. The van der Waals surface area contributed by atoms with E-state index in [1.54, 1.807) is 34.6 Å². The lowest BCUT2D eigenvalue weighted by molar-refractivity contribution is -0.127. The normalized spacial score (nSPS) is 17.2. The lowest BCUT2D eigenvalue weighted by atomic mass is 9.91. The molecule has 0 saturated heterocycles. The fourth-order valence-electron chi connectivity index (χ4n) is 3.99. The van der Waals surface area contributed by atoms with Crippen molar-refractivity contribution in [3.05, 3.63) is 82.9 Å². The van der Waals surface area contributed by atoms with Crippen LogP contribution in [0.25, 0.3) is 0 Å². The molecule has 1 aliphatic rings. The Balaban J connectivity index is 0.000000344. The van der Waals surface area contributed by atoms with Gasteiger partial charge in [-0.25, -0.2) is 27.3 Å². The molecule has 0 bridgehead atoms. The Morgan fingerprint density at radius 2 is 1.41 bits per heavy atom. The molecule has 0 spiro atoms. The van der Waals surface area contributed by atoms with Gasteiger partial charge in [0, 0.05) is 24.1 Å². The van der Waals surface area contributed by atoms with Gasteiger partial charge in [-0.3, -0.25) is 4.79 Å². The van der Waals surface area contributed by atoms with Crippen molar-refractivity contribution in [1.29, 1.82) is 0 Å². The summed E-state index contributed by atoms with van der Waals surface area (Å²) < 4.78 is 57.2. The fraction of sp³-hybridized carbons (Fsp3) is 0.414. The minimum Gasteiger partial charge on any atom is -0.443 e. The van der Waals surface area contributed by atoms with Crippen LogP contribution in [0, 0.1) is 35.1 Å². The molecule has 2 aromatic carbocycles. The van der Waals surface area contributed by atoms with E-state index in [0.29, 0.717) is 17.5 Å². The Labute approximate surface area is 225 Å². The summed E-state index contributed by atoms with van der Waals surface area (Å²) >= 11 is 0. The first-order chi connectivity index (χ1) is 18.1. The summed E-state index contributed by atoms with van der Waals surface area (Å²) in [5.74, 6) is -3.86. The molecule has 2 amide bonds. The second-order valence-electron chi connectivity index (χ2n) is 10.6. The van der Waals surface area contributed by atoms with Crippen LogP contribution in [-0.2, 0) is 27.2 Å². The SMILES string of the molecule is C[C@@H](Cc1cc(F)cc(F)c1)[C@H](O)[C@H]1C=CC(=O)N1C(=O)OC(C)(C)C.C[C@H](C=O)Cc1cc(F)cc(F)c1. The predicted octanol–water partition coefficient (Wildman–Crippen LogP) is 5.55. The minimum absolute atomic E-state index is 0.177. The Morgan fingerprint density at radius 3 is 1.85 bits per heavy atom. The quantitative estimate of drug-likeness (QED) is 0.361. The standard InChI is InChI=1S/C19H23F2NO4.C10H10F2O/c1-11(7-12-8-13(20)10-14(21)9-12)17(24)15-5-6-16(23)22(15)18(25)26-19(2,3)4;1-7(6-13)2-8-3-9(11)5-10(12)4-8/h5-6,8-11,15,17,24H,7H2,1-4H3;3-7H,2H2,1H3/t11-,15+,17-;7-/m00/s1. The maximum absolute atomic E-state index is 13.3. The van der Waals surface area contributed by atoms with E-state index < -0.39 is 58.9 Å². The maximum Gasteiger partial charge on any atom is 0.417 e. The van der Waals surface area contributed by atoms with Crippen LogP contribution in [0.1, 0.15) is 45.7 Å². The highest BCUT2D eigenvalue weighted by atomic mass is 19.1. The minimum atomic E-state index is -1.11. The molecule has 6 nitrogen and oxygen atoms in total. The van der Waals surface area contributed by atoms with Crippen molar-refractivity contribution in [3.63, 3.8) is 0 Å². The maximum atomic E-state index is 13.3. The van der Waals surface area contributed by atoms with Gasteiger partial charge in [-0.2, -0.15) is 0 Å². The number of aliphatic hydroxyl groups is 1. The van der Waals surface area contributed by atoms with E-state index in [0.717, 1.165) is 23.3 Å². The molecule has 1 N–H and O–H groups in total. The van der Waals surface area contributed by atoms with Crippen LogP contribution >= 0.6 is 0 Å². The number of hydrogen-bond acceptors (Lipinski definition) is 5. The molecule has 2 aromatic rings. The van der Waals surface area contributed by atoms with Crippen LogP contribution in [0.3, 0.4) is 0 Å². The average Bonchev–Trinajstić information content (AvgIpc) is 3.17. The topological polar surface area (TPSA) is 83.9 Å². The Kier molecular flexibility index (Phi) is 11.0. The van der Waals surface area contributed by atoms with Crippen molar-refractivity contribution in [2.75, 3.05) is 0 Å². The van der Waals surface area contributed by atoms with Gasteiger partial charge in [0.05, 0.1) is 12.1 Å². The summed E-state index contributed by atoms with van der Waals surface area (Å²) in [7, 11) is 0. The van der Waals surface area contributed by atoms with Crippen molar-refractivity contribution in [1.82, 2.24) is 4.90 Å². The van der Waals surface area contributed by atoms with Crippen LogP contribution in [0.4, 0.5) is 22.4 Å². The highest BCUT2D eigenvalue weighted by molar-refractivity contribution is 6.01. The molecule has 39 heavy (non-hydrogen) atoms. The largest absolute Gasteiger partial charge is 0.443 e. The highest BCUT2D eigenvalue weighted by Crippen LogP contribution is 2.25. The second kappa shape index (κ2) is 13.5. The molecule has 0 unspecified atom stereocenters. The van der Waals surface area contributed by atoms with Gasteiger partial charge in [-0.15, -0.1) is 0 Å². The van der Waals surface area contributed by atoms with E-state index in [1.165, 1.54) is 36.4 Å². The zero-order valence-electron chi connectivity index (χ0n) is 22.5. The number of rotatable bonds is 7. The number of benzene rings is 2. The zero-order chi connectivity index (χ0) is 29.5. The first-order valence-corrected chi connectivity index (χ1v) is 12.4. The molecule has 0 radical (unpaired) electrons. The van der Waals surface area contributed by atoms with Crippen molar-refractivity contribution in [2.24, 2.45) is 11.8 Å². The van der Waals surface area contributed by atoms with Gasteiger partial charge in [0.1, 0.15) is 35.2 Å². The van der Waals surface area contributed by atoms with E-state index in [-0.39, 0.29) is 12.3 Å². The second-order valence-corrected chi connectivity index (χ2v) is 10.6. The van der Waals surface area contributed by atoms with Crippen molar-refractivity contribution < 1.29 is 41.8 Å². The van der Waals surface area contributed by atoms with E-state index in [1.807, 2.05) is 0 Å². The summed E-state index contributed by atoms with van der Waals surface area (Å²) in [6, 6.07) is 5.54. The Hall–Kier alpha value is -3.53.